The lowest BCUT2D eigenvalue weighted by molar-refractivity contribution is -0.137. The first-order valence-electron chi connectivity index (χ1n) is 5.82. The summed E-state index contributed by atoms with van der Waals surface area (Å²) in [4.78, 5) is 23.7. The number of carboxylic acids is 1. The largest absolute Gasteiger partial charge is 0.481 e. The van der Waals surface area contributed by atoms with Gasteiger partial charge in [-0.15, -0.1) is 0 Å². The monoisotopic (exact) mass is 229 g/mol. The Morgan fingerprint density at radius 3 is 2.19 bits per heavy atom. The maximum atomic E-state index is 11.7. The van der Waals surface area contributed by atoms with Crippen LogP contribution in [0.2, 0.25) is 0 Å². The summed E-state index contributed by atoms with van der Waals surface area (Å²) in [5.74, 6) is -0.246. The number of hydrogen-bond donors (Lipinski definition) is 1. The fraction of sp³-hybridized carbons (Fsp3) is 0.833. The van der Waals surface area contributed by atoms with Crippen LogP contribution < -0.4 is 0 Å². The Balaban J connectivity index is 3.93. The molecule has 0 saturated carbocycles. The molecule has 4 heteroatoms. The second-order valence-electron chi connectivity index (χ2n) is 4.73. The summed E-state index contributed by atoms with van der Waals surface area (Å²) >= 11 is 0. The number of aliphatic carboxylic acids is 1. The summed E-state index contributed by atoms with van der Waals surface area (Å²) in [6.45, 7) is 6.27. The highest BCUT2D eigenvalue weighted by Crippen LogP contribution is 2.11. The van der Waals surface area contributed by atoms with E-state index in [1.54, 1.807) is 11.9 Å². The van der Waals surface area contributed by atoms with Gasteiger partial charge in [0.2, 0.25) is 5.91 Å². The van der Waals surface area contributed by atoms with E-state index in [2.05, 4.69) is 13.8 Å². The van der Waals surface area contributed by atoms with Crippen molar-refractivity contribution in [2.24, 2.45) is 5.92 Å². The van der Waals surface area contributed by atoms with Gasteiger partial charge in [-0.25, -0.2) is 0 Å². The molecule has 0 spiro atoms. The zero-order valence-corrected chi connectivity index (χ0v) is 10.7. The molecule has 0 fully saturated rings. The van der Waals surface area contributed by atoms with Crippen LogP contribution in [0.15, 0.2) is 0 Å². The molecule has 0 aromatic carbocycles. The van der Waals surface area contributed by atoms with Gasteiger partial charge in [0, 0.05) is 25.9 Å². The van der Waals surface area contributed by atoms with E-state index in [9.17, 15) is 9.59 Å². The van der Waals surface area contributed by atoms with Crippen molar-refractivity contribution in [1.29, 1.82) is 0 Å². The van der Waals surface area contributed by atoms with Crippen molar-refractivity contribution in [3.05, 3.63) is 0 Å². The Bertz CT molecular complexity index is 238. The number of amides is 1. The molecule has 4 nitrogen and oxygen atoms in total. The molecule has 0 radical (unpaired) electrons. The van der Waals surface area contributed by atoms with Crippen LogP contribution in [0, 0.1) is 5.92 Å². The van der Waals surface area contributed by atoms with Crippen molar-refractivity contribution in [3.8, 4) is 0 Å². The van der Waals surface area contributed by atoms with Gasteiger partial charge in [0.1, 0.15) is 0 Å². The van der Waals surface area contributed by atoms with Crippen molar-refractivity contribution in [2.75, 3.05) is 7.05 Å². The van der Waals surface area contributed by atoms with Gasteiger partial charge in [-0.1, -0.05) is 13.8 Å². The minimum Gasteiger partial charge on any atom is -0.481 e. The van der Waals surface area contributed by atoms with Gasteiger partial charge in [0.05, 0.1) is 0 Å². The van der Waals surface area contributed by atoms with Crippen LogP contribution in [-0.2, 0) is 9.59 Å². The second-order valence-corrected chi connectivity index (χ2v) is 4.73. The second kappa shape index (κ2) is 7.25. The molecule has 0 bridgehead atoms. The lowest BCUT2D eigenvalue weighted by atomic mass is 10.0. The van der Waals surface area contributed by atoms with Crippen LogP contribution in [0.3, 0.4) is 0 Å². The first-order chi connectivity index (χ1) is 7.34. The summed E-state index contributed by atoms with van der Waals surface area (Å²) in [7, 11) is 1.79. The molecule has 0 aliphatic heterocycles. The molecule has 0 aliphatic rings. The van der Waals surface area contributed by atoms with Gasteiger partial charge in [-0.05, 0) is 25.7 Å². The van der Waals surface area contributed by atoms with Gasteiger partial charge < -0.3 is 10.0 Å². The zero-order valence-electron chi connectivity index (χ0n) is 10.7. The molecule has 1 unspecified atom stereocenters. The highest BCUT2D eigenvalue weighted by atomic mass is 16.4. The molecule has 94 valence electrons. The van der Waals surface area contributed by atoms with Crippen LogP contribution >= 0.6 is 0 Å². The maximum absolute atomic E-state index is 11.7. The van der Waals surface area contributed by atoms with E-state index < -0.39 is 5.97 Å². The lowest BCUT2D eigenvalue weighted by Crippen LogP contribution is -2.35. The highest BCUT2D eigenvalue weighted by molar-refractivity contribution is 5.77. The number of carbonyl (C=O) groups excluding carboxylic acids is 1. The molecule has 0 aliphatic carbocycles. The SMILES string of the molecule is CC(C)CC(C)N(C)C(=O)CCCC(=O)O. The van der Waals surface area contributed by atoms with Gasteiger partial charge in [0.15, 0.2) is 0 Å². The number of rotatable bonds is 7. The topological polar surface area (TPSA) is 57.6 Å². The minimum atomic E-state index is -0.842. The van der Waals surface area contributed by atoms with Crippen LogP contribution in [0.4, 0.5) is 0 Å². The molecule has 0 saturated heterocycles. The summed E-state index contributed by atoms with van der Waals surface area (Å²) < 4.78 is 0. The van der Waals surface area contributed by atoms with Gasteiger partial charge in [-0.2, -0.15) is 0 Å². The van der Waals surface area contributed by atoms with Gasteiger partial charge in [0.25, 0.3) is 0 Å². The standard InChI is InChI=1S/C12H23NO3/c1-9(2)8-10(3)13(4)11(14)6-5-7-12(15)16/h9-10H,5-8H2,1-4H3,(H,15,16). The number of carbonyl (C=O) groups is 2. The molecule has 1 N–H and O–H groups in total. The molecular weight excluding hydrogens is 206 g/mol. The Kier molecular flexibility index (Phi) is 6.77. The van der Waals surface area contributed by atoms with E-state index >= 15 is 0 Å². The molecule has 16 heavy (non-hydrogen) atoms. The third-order valence-corrected chi connectivity index (χ3v) is 2.65. The summed E-state index contributed by atoms with van der Waals surface area (Å²) in [6, 6.07) is 0.220. The first-order valence-corrected chi connectivity index (χ1v) is 5.82. The fourth-order valence-corrected chi connectivity index (χ4v) is 1.65. The van der Waals surface area contributed by atoms with Crippen molar-refractivity contribution in [3.63, 3.8) is 0 Å². The van der Waals surface area contributed by atoms with E-state index in [1.165, 1.54) is 0 Å². The van der Waals surface area contributed by atoms with Crippen LogP contribution in [0.5, 0.6) is 0 Å². The van der Waals surface area contributed by atoms with Crippen LogP contribution in [0.1, 0.15) is 46.5 Å². The average molecular weight is 229 g/mol. The summed E-state index contributed by atoms with van der Waals surface area (Å²) in [5.41, 5.74) is 0. The molecule has 1 atom stereocenters. The third-order valence-electron chi connectivity index (χ3n) is 2.65. The summed E-state index contributed by atoms with van der Waals surface area (Å²) in [6.07, 6.45) is 1.79. The first kappa shape index (κ1) is 14.9. The Morgan fingerprint density at radius 2 is 1.75 bits per heavy atom. The molecule has 0 rings (SSSR count). The zero-order chi connectivity index (χ0) is 12.7. The minimum absolute atomic E-state index is 0.0365. The van der Waals surface area contributed by atoms with Crippen LogP contribution in [-0.4, -0.2) is 35.0 Å². The number of hydrogen-bond acceptors (Lipinski definition) is 2. The van der Waals surface area contributed by atoms with Crippen molar-refractivity contribution >= 4 is 11.9 Å². The predicted octanol–water partition coefficient (Wildman–Crippen LogP) is 2.13. The average Bonchev–Trinajstić information content (AvgIpc) is 2.14. The normalized spacial score (nSPS) is 12.6. The maximum Gasteiger partial charge on any atom is 0.303 e. The summed E-state index contributed by atoms with van der Waals surface area (Å²) in [5, 5.41) is 8.47. The quantitative estimate of drug-likeness (QED) is 0.727. The number of nitrogens with zero attached hydrogens (tertiary/aromatic N) is 1. The third kappa shape index (κ3) is 6.43. The Morgan fingerprint density at radius 1 is 1.19 bits per heavy atom. The molecule has 0 heterocycles. The van der Waals surface area contributed by atoms with E-state index in [1.807, 2.05) is 6.92 Å². The smallest absolute Gasteiger partial charge is 0.303 e. The lowest BCUT2D eigenvalue weighted by Gasteiger charge is -2.26. The molecule has 1 amide bonds. The van der Waals surface area contributed by atoms with Crippen molar-refractivity contribution in [1.82, 2.24) is 4.90 Å². The van der Waals surface area contributed by atoms with Crippen molar-refractivity contribution < 1.29 is 14.7 Å². The van der Waals surface area contributed by atoms with Crippen LogP contribution in [0.25, 0.3) is 0 Å². The predicted molar refractivity (Wildman–Crippen MR) is 63.2 cm³/mol. The Hall–Kier alpha value is -1.06. The van der Waals surface area contributed by atoms with Crippen molar-refractivity contribution in [2.45, 2.75) is 52.5 Å². The molecule has 0 aromatic heterocycles. The fourth-order valence-electron chi connectivity index (χ4n) is 1.65. The Labute approximate surface area is 97.6 Å². The highest BCUT2D eigenvalue weighted by Gasteiger charge is 2.16. The van der Waals surface area contributed by atoms with E-state index in [0.29, 0.717) is 18.8 Å². The van der Waals surface area contributed by atoms with E-state index in [4.69, 9.17) is 5.11 Å². The van der Waals surface area contributed by atoms with Gasteiger partial charge in [-0.3, -0.25) is 9.59 Å². The number of carboxylic acid groups (broad SMARTS) is 1. The molecule has 0 aromatic rings. The molecular formula is C12H23NO3. The van der Waals surface area contributed by atoms with E-state index in [0.717, 1.165) is 6.42 Å². The van der Waals surface area contributed by atoms with E-state index in [-0.39, 0.29) is 18.4 Å². The van der Waals surface area contributed by atoms with Gasteiger partial charge >= 0.3 is 5.97 Å².